The Hall–Kier alpha value is -1.31. The topological polar surface area (TPSA) is 67.9 Å². The van der Waals surface area contributed by atoms with Gasteiger partial charge >= 0.3 is 0 Å². The van der Waals surface area contributed by atoms with E-state index in [1.165, 1.54) is 33.1 Å². The van der Waals surface area contributed by atoms with Crippen LogP contribution in [0.4, 0.5) is 0 Å². The molecular weight excluding hydrogens is 304 g/mol. The third kappa shape index (κ3) is 3.91. The highest BCUT2D eigenvalue weighted by atomic mass is 32.2. The van der Waals surface area contributed by atoms with E-state index >= 15 is 0 Å². The number of rotatable bonds is 7. The minimum atomic E-state index is -3.64. The Kier molecular flexibility index (Phi) is 5.66. The van der Waals surface area contributed by atoms with Crippen molar-refractivity contribution >= 4 is 10.0 Å². The standard InChI is InChI=1S/C15H24N2O4S/c1-12(17-8-4-5-9-17)11-16-22(18,19)15-10-13(20-2)6-7-14(15)21-3/h6-7,10,12,16H,4-5,8-9,11H2,1-3H3. The van der Waals surface area contributed by atoms with Crippen molar-refractivity contribution in [3.05, 3.63) is 18.2 Å². The molecular formula is C15H24N2O4S. The molecule has 0 spiro atoms. The summed E-state index contributed by atoms with van der Waals surface area (Å²) in [6, 6.07) is 4.91. The average molecular weight is 328 g/mol. The van der Waals surface area contributed by atoms with E-state index in [0.717, 1.165) is 13.1 Å². The van der Waals surface area contributed by atoms with Gasteiger partial charge in [-0.3, -0.25) is 4.90 Å². The minimum Gasteiger partial charge on any atom is -0.497 e. The van der Waals surface area contributed by atoms with Gasteiger partial charge in [0.15, 0.2) is 0 Å². The highest BCUT2D eigenvalue weighted by Crippen LogP contribution is 2.28. The lowest BCUT2D eigenvalue weighted by atomic mass is 10.3. The van der Waals surface area contributed by atoms with Gasteiger partial charge in [0.1, 0.15) is 16.4 Å². The summed E-state index contributed by atoms with van der Waals surface area (Å²) < 4.78 is 38.0. The molecule has 1 fully saturated rings. The van der Waals surface area contributed by atoms with Gasteiger partial charge in [0.2, 0.25) is 10.0 Å². The normalized spacial score (nSPS) is 17.4. The highest BCUT2D eigenvalue weighted by molar-refractivity contribution is 7.89. The summed E-state index contributed by atoms with van der Waals surface area (Å²) >= 11 is 0. The van der Waals surface area contributed by atoms with Crippen LogP contribution in [0.1, 0.15) is 19.8 Å². The van der Waals surface area contributed by atoms with Crippen molar-refractivity contribution < 1.29 is 17.9 Å². The third-order valence-corrected chi connectivity index (χ3v) is 5.44. The highest BCUT2D eigenvalue weighted by Gasteiger charge is 2.23. The molecule has 1 aliphatic heterocycles. The molecule has 1 N–H and O–H groups in total. The first-order valence-electron chi connectivity index (χ1n) is 7.43. The fraction of sp³-hybridized carbons (Fsp3) is 0.600. The van der Waals surface area contributed by atoms with E-state index in [1.54, 1.807) is 12.1 Å². The predicted molar refractivity (Wildman–Crippen MR) is 85.0 cm³/mol. The van der Waals surface area contributed by atoms with Crippen molar-refractivity contribution in [3.8, 4) is 11.5 Å². The molecule has 124 valence electrons. The SMILES string of the molecule is COc1ccc(OC)c(S(=O)(=O)NCC(C)N2CCCC2)c1. The predicted octanol–water partition coefficient (Wildman–Crippen LogP) is 1.47. The van der Waals surface area contributed by atoms with Gasteiger partial charge in [-0.25, -0.2) is 13.1 Å². The fourth-order valence-electron chi connectivity index (χ4n) is 2.61. The van der Waals surface area contributed by atoms with Gasteiger partial charge < -0.3 is 9.47 Å². The van der Waals surface area contributed by atoms with Crippen LogP contribution in [0.3, 0.4) is 0 Å². The van der Waals surface area contributed by atoms with E-state index < -0.39 is 10.0 Å². The molecule has 1 aromatic rings. The number of likely N-dealkylation sites (tertiary alicyclic amines) is 1. The smallest absolute Gasteiger partial charge is 0.244 e. The third-order valence-electron chi connectivity index (χ3n) is 3.99. The van der Waals surface area contributed by atoms with Gasteiger partial charge in [0, 0.05) is 18.7 Å². The van der Waals surface area contributed by atoms with Gasteiger partial charge in [-0.05, 0) is 45.0 Å². The lowest BCUT2D eigenvalue weighted by Crippen LogP contribution is -2.40. The Balaban J connectivity index is 2.12. The molecule has 1 atom stereocenters. The quantitative estimate of drug-likeness (QED) is 0.821. The molecule has 0 amide bonds. The molecule has 1 saturated heterocycles. The average Bonchev–Trinajstić information content (AvgIpc) is 3.06. The number of hydrogen-bond donors (Lipinski definition) is 1. The van der Waals surface area contributed by atoms with Crippen LogP contribution in [0.25, 0.3) is 0 Å². The van der Waals surface area contributed by atoms with Crippen LogP contribution in [-0.4, -0.2) is 53.2 Å². The number of nitrogens with zero attached hydrogens (tertiary/aromatic N) is 1. The van der Waals surface area contributed by atoms with Crippen molar-refractivity contribution in [3.63, 3.8) is 0 Å². The first-order chi connectivity index (χ1) is 10.5. The monoisotopic (exact) mass is 328 g/mol. The fourth-order valence-corrected chi connectivity index (χ4v) is 3.92. The molecule has 1 aliphatic rings. The van der Waals surface area contributed by atoms with Crippen molar-refractivity contribution in [1.82, 2.24) is 9.62 Å². The van der Waals surface area contributed by atoms with Crippen LogP contribution in [0.5, 0.6) is 11.5 Å². The Labute approximate surface area is 132 Å². The van der Waals surface area contributed by atoms with Crippen molar-refractivity contribution in [2.45, 2.75) is 30.7 Å². The maximum absolute atomic E-state index is 12.5. The molecule has 0 aromatic heterocycles. The van der Waals surface area contributed by atoms with Gasteiger partial charge in [-0.1, -0.05) is 0 Å². The second-order valence-corrected chi connectivity index (χ2v) is 7.20. The summed E-state index contributed by atoms with van der Waals surface area (Å²) in [6.45, 7) is 4.48. The summed E-state index contributed by atoms with van der Waals surface area (Å²) in [4.78, 5) is 2.40. The number of sulfonamides is 1. The maximum Gasteiger partial charge on any atom is 0.244 e. The second kappa shape index (κ2) is 7.30. The summed E-state index contributed by atoms with van der Waals surface area (Å²) in [5.74, 6) is 0.788. The van der Waals surface area contributed by atoms with Crippen molar-refractivity contribution in [2.24, 2.45) is 0 Å². The van der Waals surface area contributed by atoms with E-state index in [4.69, 9.17) is 9.47 Å². The molecule has 1 aromatic carbocycles. The molecule has 1 unspecified atom stereocenters. The molecule has 0 saturated carbocycles. The minimum absolute atomic E-state index is 0.1000. The van der Waals surface area contributed by atoms with Crippen LogP contribution in [0, 0.1) is 0 Å². The van der Waals surface area contributed by atoms with Gasteiger partial charge in [0.05, 0.1) is 14.2 Å². The first kappa shape index (κ1) is 17.1. The largest absolute Gasteiger partial charge is 0.497 e. The molecule has 2 rings (SSSR count). The Morgan fingerprint density at radius 1 is 1.23 bits per heavy atom. The zero-order valence-corrected chi connectivity index (χ0v) is 14.1. The second-order valence-electron chi connectivity index (χ2n) is 5.46. The number of benzene rings is 1. The zero-order valence-electron chi connectivity index (χ0n) is 13.3. The van der Waals surface area contributed by atoms with E-state index in [0.29, 0.717) is 18.0 Å². The molecule has 0 aliphatic carbocycles. The Bertz CT molecular complexity index is 598. The van der Waals surface area contributed by atoms with Crippen LogP contribution in [0.15, 0.2) is 23.1 Å². The molecule has 6 nitrogen and oxygen atoms in total. The summed E-state index contributed by atoms with van der Waals surface area (Å²) in [5, 5.41) is 0. The summed E-state index contributed by atoms with van der Waals surface area (Å²) in [7, 11) is -0.689. The van der Waals surface area contributed by atoms with E-state index in [2.05, 4.69) is 9.62 Å². The number of hydrogen-bond acceptors (Lipinski definition) is 5. The van der Waals surface area contributed by atoms with E-state index in [9.17, 15) is 8.42 Å². The van der Waals surface area contributed by atoms with Crippen LogP contribution in [-0.2, 0) is 10.0 Å². The molecule has 1 heterocycles. The van der Waals surface area contributed by atoms with Crippen LogP contribution >= 0.6 is 0 Å². The van der Waals surface area contributed by atoms with Gasteiger partial charge in [0.25, 0.3) is 0 Å². The van der Waals surface area contributed by atoms with Crippen molar-refractivity contribution in [1.29, 1.82) is 0 Å². The maximum atomic E-state index is 12.5. The lowest BCUT2D eigenvalue weighted by Gasteiger charge is -2.24. The Morgan fingerprint density at radius 3 is 2.50 bits per heavy atom. The summed E-state index contributed by atoms with van der Waals surface area (Å²) in [5.41, 5.74) is 0. The van der Waals surface area contributed by atoms with Gasteiger partial charge in [-0.2, -0.15) is 0 Å². The van der Waals surface area contributed by atoms with Gasteiger partial charge in [-0.15, -0.1) is 0 Å². The van der Waals surface area contributed by atoms with E-state index in [-0.39, 0.29) is 10.9 Å². The first-order valence-corrected chi connectivity index (χ1v) is 8.92. The van der Waals surface area contributed by atoms with Crippen LogP contribution in [0.2, 0.25) is 0 Å². The number of nitrogens with one attached hydrogen (secondary N) is 1. The molecule has 22 heavy (non-hydrogen) atoms. The number of ether oxygens (including phenoxy) is 2. The number of methoxy groups -OCH3 is 2. The molecule has 0 radical (unpaired) electrons. The lowest BCUT2D eigenvalue weighted by molar-refractivity contribution is 0.260. The molecule has 0 bridgehead atoms. The van der Waals surface area contributed by atoms with E-state index in [1.807, 2.05) is 6.92 Å². The summed E-state index contributed by atoms with van der Waals surface area (Å²) in [6.07, 6.45) is 2.36. The van der Waals surface area contributed by atoms with Crippen LogP contribution < -0.4 is 14.2 Å². The molecule has 7 heteroatoms. The Morgan fingerprint density at radius 2 is 1.91 bits per heavy atom. The van der Waals surface area contributed by atoms with Crippen molar-refractivity contribution in [2.75, 3.05) is 33.9 Å². The zero-order chi connectivity index (χ0) is 16.2.